The zero-order valence-electron chi connectivity index (χ0n) is 17.1. The molecule has 0 unspecified atom stereocenters. The number of benzene rings is 1. The van der Waals surface area contributed by atoms with Crippen LogP contribution >= 0.6 is 0 Å². The highest BCUT2D eigenvalue weighted by molar-refractivity contribution is 5.92. The fraction of sp³-hybridized carbons (Fsp3) is 0.381. The summed E-state index contributed by atoms with van der Waals surface area (Å²) in [6.45, 7) is 0. The van der Waals surface area contributed by atoms with E-state index in [0.717, 1.165) is 31.5 Å². The molecule has 0 spiro atoms. The Morgan fingerprint density at radius 2 is 1.87 bits per heavy atom. The van der Waals surface area contributed by atoms with Crippen molar-refractivity contribution in [1.82, 2.24) is 15.3 Å². The number of nitro groups is 1. The summed E-state index contributed by atoms with van der Waals surface area (Å²) in [6.07, 6.45) is 8.05. The number of carbonyl (C=O) groups excluding carboxylic acids is 1. The van der Waals surface area contributed by atoms with E-state index in [1.54, 1.807) is 24.4 Å². The van der Waals surface area contributed by atoms with Gasteiger partial charge in [0, 0.05) is 44.5 Å². The Morgan fingerprint density at radius 1 is 1.17 bits per heavy atom. The lowest BCUT2D eigenvalue weighted by molar-refractivity contribution is -0.385. The van der Waals surface area contributed by atoms with Crippen molar-refractivity contribution in [2.75, 3.05) is 24.3 Å². The molecule has 0 radical (unpaired) electrons. The summed E-state index contributed by atoms with van der Waals surface area (Å²) >= 11 is 0. The van der Waals surface area contributed by atoms with Crippen molar-refractivity contribution in [2.24, 2.45) is 0 Å². The topological polar surface area (TPSA) is 113 Å². The molecule has 1 aromatic heterocycles. The number of para-hydroxylation sites is 1. The number of nitro benzene ring substituents is 1. The first kappa shape index (κ1) is 21.2. The molecule has 1 amide bonds. The number of nitrogens with zero attached hydrogens (tertiary/aromatic N) is 4. The second kappa shape index (κ2) is 9.82. The third kappa shape index (κ3) is 5.76. The first-order valence-corrected chi connectivity index (χ1v) is 9.91. The molecule has 0 saturated heterocycles. The van der Waals surface area contributed by atoms with Gasteiger partial charge in [-0.1, -0.05) is 12.1 Å². The van der Waals surface area contributed by atoms with Gasteiger partial charge in [0.1, 0.15) is 5.82 Å². The second-order valence-corrected chi connectivity index (χ2v) is 7.48. The fourth-order valence-corrected chi connectivity index (χ4v) is 3.44. The Morgan fingerprint density at radius 3 is 2.57 bits per heavy atom. The van der Waals surface area contributed by atoms with E-state index < -0.39 is 4.92 Å². The van der Waals surface area contributed by atoms with Gasteiger partial charge in [0.25, 0.3) is 5.69 Å². The number of anilines is 2. The van der Waals surface area contributed by atoms with Crippen LogP contribution in [0.3, 0.4) is 0 Å². The van der Waals surface area contributed by atoms with Crippen LogP contribution in [-0.2, 0) is 4.79 Å². The van der Waals surface area contributed by atoms with E-state index in [4.69, 9.17) is 0 Å². The molecule has 3 rings (SSSR count). The number of hydrogen-bond acceptors (Lipinski definition) is 7. The van der Waals surface area contributed by atoms with Crippen LogP contribution in [-0.4, -0.2) is 47.0 Å². The number of carbonyl (C=O) groups is 1. The van der Waals surface area contributed by atoms with E-state index in [9.17, 15) is 14.9 Å². The minimum Gasteiger partial charge on any atom is -0.363 e. The van der Waals surface area contributed by atoms with Gasteiger partial charge < -0.3 is 15.5 Å². The van der Waals surface area contributed by atoms with Gasteiger partial charge in [-0.25, -0.2) is 4.98 Å². The Kier molecular flexibility index (Phi) is 6.95. The number of amides is 1. The van der Waals surface area contributed by atoms with Gasteiger partial charge in [0.2, 0.25) is 11.9 Å². The van der Waals surface area contributed by atoms with Crippen LogP contribution in [0.4, 0.5) is 17.5 Å². The third-order valence-electron chi connectivity index (χ3n) is 5.05. The van der Waals surface area contributed by atoms with Crippen LogP contribution in [0.15, 0.2) is 42.6 Å². The first-order chi connectivity index (χ1) is 14.4. The number of aromatic nitrogens is 2. The number of nitrogens with one attached hydrogen (secondary N) is 2. The molecule has 2 aromatic rings. The minimum atomic E-state index is -0.455. The van der Waals surface area contributed by atoms with E-state index in [-0.39, 0.29) is 23.7 Å². The lowest BCUT2D eigenvalue weighted by Crippen LogP contribution is -2.39. The van der Waals surface area contributed by atoms with E-state index in [2.05, 4.69) is 20.6 Å². The van der Waals surface area contributed by atoms with E-state index in [1.165, 1.54) is 18.2 Å². The highest BCUT2D eigenvalue weighted by Crippen LogP contribution is 2.22. The molecule has 1 fully saturated rings. The zero-order chi connectivity index (χ0) is 21.5. The summed E-state index contributed by atoms with van der Waals surface area (Å²) in [5.74, 6) is 1.21. The lowest BCUT2D eigenvalue weighted by Gasteiger charge is -2.29. The van der Waals surface area contributed by atoms with E-state index >= 15 is 0 Å². The van der Waals surface area contributed by atoms with Crippen molar-refractivity contribution < 1.29 is 9.72 Å². The van der Waals surface area contributed by atoms with Crippen molar-refractivity contribution in [3.05, 3.63) is 58.3 Å². The standard InChI is InChI=1S/C21H26N6O3/c1-26(2)19-13-14-22-21(25-19)24-17-10-8-16(9-11-17)23-20(28)12-7-15-5-3-4-6-18(15)27(29)30/h3-7,12-14,16-17H,8-11H2,1-2H3,(H,23,28)(H,22,24,25)/b12-7+/t16-,17+. The molecule has 0 bridgehead atoms. The summed E-state index contributed by atoms with van der Waals surface area (Å²) in [4.78, 5) is 33.5. The Hall–Kier alpha value is -3.49. The molecule has 158 valence electrons. The third-order valence-corrected chi connectivity index (χ3v) is 5.05. The van der Waals surface area contributed by atoms with Crippen LogP contribution in [0.5, 0.6) is 0 Å². The molecule has 1 heterocycles. The summed E-state index contributed by atoms with van der Waals surface area (Å²) in [6, 6.07) is 8.55. The van der Waals surface area contributed by atoms with E-state index in [0.29, 0.717) is 11.5 Å². The maximum absolute atomic E-state index is 12.2. The van der Waals surface area contributed by atoms with Crippen molar-refractivity contribution in [1.29, 1.82) is 0 Å². The maximum Gasteiger partial charge on any atom is 0.276 e. The van der Waals surface area contributed by atoms with Gasteiger partial charge in [-0.2, -0.15) is 4.98 Å². The van der Waals surface area contributed by atoms with Crippen LogP contribution in [0.1, 0.15) is 31.2 Å². The second-order valence-electron chi connectivity index (χ2n) is 7.48. The fourth-order valence-electron chi connectivity index (χ4n) is 3.44. The quantitative estimate of drug-likeness (QED) is 0.410. The minimum absolute atomic E-state index is 0.0197. The van der Waals surface area contributed by atoms with Gasteiger partial charge in [0.15, 0.2) is 0 Å². The van der Waals surface area contributed by atoms with Gasteiger partial charge >= 0.3 is 0 Å². The zero-order valence-corrected chi connectivity index (χ0v) is 17.1. The first-order valence-electron chi connectivity index (χ1n) is 9.91. The molecular weight excluding hydrogens is 384 g/mol. The molecule has 2 N–H and O–H groups in total. The Labute approximate surface area is 175 Å². The molecule has 1 aliphatic rings. The Bertz CT molecular complexity index is 922. The maximum atomic E-state index is 12.2. The molecule has 0 aliphatic heterocycles. The smallest absolute Gasteiger partial charge is 0.276 e. The van der Waals surface area contributed by atoms with Gasteiger partial charge in [-0.05, 0) is 43.9 Å². The highest BCUT2D eigenvalue weighted by Gasteiger charge is 2.22. The largest absolute Gasteiger partial charge is 0.363 e. The van der Waals surface area contributed by atoms with Crippen molar-refractivity contribution >= 4 is 29.4 Å². The predicted molar refractivity (Wildman–Crippen MR) is 116 cm³/mol. The summed E-state index contributed by atoms with van der Waals surface area (Å²) in [5, 5.41) is 17.4. The van der Waals surface area contributed by atoms with Crippen molar-refractivity contribution in [3.63, 3.8) is 0 Å². The normalized spacial score (nSPS) is 18.7. The predicted octanol–water partition coefficient (Wildman–Crippen LogP) is 3.00. The molecule has 0 atom stereocenters. The number of rotatable bonds is 7. The average molecular weight is 410 g/mol. The molecule has 1 aromatic carbocycles. The molecule has 30 heavy (non-hydrogen) atoms. The average Bonchev–Trinajstić information content (AvgIpc) is 2.74. The summed E-state index contributed by atoms with van der Waals surface area (Å²) < 4.78 is 0. The van der Waals surface area contributed by atoms with Crippen LogP contribution < -0.4 is 15.5 Å². The molecule has 9 nitrogen and oxygen atoms in total. The van der Waals surface area contributed by atoms with E-state index in [1.807, 2.05) is 25.1 Å². The van der Waals surface area contributed by atoms with Gasteiger partial charge in [0.05, 0.1) is 10.5 Å². The summed E-state index contributed by atoms with van der Waals surface area (Å²) in [7, 11) is 3.87. The summed E-state index contributed by atoms with van der Waals surface area (Å²) in [5.41, 5.74) is 0.388. The van der Waals surface area contributed by atoms with Gasteiger partial charge in [-0.3, -0.25) is 14.9 Å². The number of hydrogen-bond donors (Lipinski definition) is 2. The van der Waals surface area contributed by atoms with Gasteiger partial charge in [-0.15, -0.1) is 0 Å². The molecule has 1 aliphatic carbocycles. The molecule has 1 saturated carbocycles. The molecular formula is C21H26N6O3. The Balaban J connectivity index is 1.48. The van der Waals surface area contributed by atoms with Crippen molar-refractivity contribution in [3.8, 4) is 0 Å². The van der Waals surface area contributed by atoms with Crippen LogP contribution in [0.25, 0.3) is 6.08 Å². The van der Waals surface area contributed by atoms with Crippen LogP contribution in [0, 0.1) is 10.1 Å². The SMILES string of the molecule is CN(C)c1ccnc(N[C@H]2CC[C@@H](NC(=O)/C=C/c3ccccc3[N+](=O)[O-])CC2)n1. The van der Waals surface area contributed by atoms with Crippen molar-refractivity contribution in [2.45, 2.75) is 37.8 Å². The lowest BCUT2D eigenvalue weighted by atomic mass is 9.91. The molecule has 9 heteroatoms. The van der Waals surface area contributed by atoms with Crippen LogP contribution in [0.2, 0.25) is 0 Å². The highest BCUT2D eigenvalue weighted by atomic mass is 16.6. The monoisotopic (exact) mass is 410 g/mol.